The monoisotopic (exact) mass is 389 g/mol. The van der Waals surface area contributed by atoms with Crippen LogP contribution in [0.25, 0.3) is 0 Å². The van der Waals surface area contributed by atoms with E-state index in [1.54, 1.807) is 38.3 Å². The molecule has 148 valence electrons. The first-order valence-corrected chi connectivity index (χ1v) is 9.34. The Hall–Kier alpha value is -3.60. The molecule has 5 heteroatoms. The third-order valence-electron chi connectivity index (χ3n) is 4.52. The molecule has 0 aliphatic carbocycles. The van der Waals surface area contributed by atoms with Gasteiger partial charge in [-0.1, -0.05) is 60.7 Å². The van der Waals surface area contributed by atoms with Gasteiger partial charge < -0.3 is 14.8 Å². The molecule has 0 aliphatic heterocycles. The van der Waals surface area contributed by atoms with Gasteiger partial charge in [0.1, 0.15) is 11.7 Å². The molecule has 5 nitrogen and oxygen atoms in total. The van der Waals surface area contributed by atoms with Crippen LogP contribution >= 0.6 is 0 Å². The second-order valence-electron chi connectivity index (χ2n) is 6.55. The van der Waals surface area contributed by atoms with E-state index in [1.807, 2.05) is 60.7 Å². The number of methoxy groups -OCH3 is 1. The zero-order valence-corrected chi connectivity index (χ0v) is 16.4. The van der Waals surface area contributed by atoms with Crippen molar-refractivity contribution in [2.24, 2.45) is 0 Å². The average molecular weight is 389 g/mol. The molecule has 3 rings (SSSR count). The number of esters is 1. The minimum atomic E-state index is -0.945. The van der Waals surface area contributed by atoms with E-state index in [2.05, 4.69) is 5.32 Å². The van der Waals surface area contributed by atoms with Crippen LogP contribution in [0.4, 0.5) is 5.69 Å². The molecule has 1 amide bonds. The molecule has 0 bridgehead atoms. The summed E-state index contributed by atoms with van der Waals surface area (Å²) in [4.78, 5) is 25.5. The number of hydrogen-bond acceptors (Lipinski definition) is 4. The predicted molar refractivity (Wildman–Crippen MR) is 112 cm³/mol. The molecule has 29 heavy (non-hydrogen) atoms. The average Bonchev–Trinajstić information content (AvgIpc) is 2.76. The highest BCUT2D eigenvalue weighted by Crippen LogP contribution is 2.26. The van der Waals surface area contributed by atoms with Gasteiger partial charge in [-0.3, -0.25) is 9.59 Å². The van der Waals surface area contributed by atoms with Crippen molar-refractivity contribution in [3.05, 3.63) is 96.1 Å². The molecule has 1 atom stereocenters. The number of rotatable bonds is 7. The second-order valence-corrected chi connectivity index (χ2v) is 6.55. The van der Waals surface area contributed by atoms with E-state index < -0.39 is 23.9 Å². The first-order chi connectivity index (χ1) is 14.1. The van der Waals surface area contributed by atoms with Gasteiger partial charge in [-0.2, -0.15) is 0 Å². The van der Waals surface area contributed by atoms with Crippen molar-refractivity contribution in [3.8, 4) is 5.75 Å². The van der Waals surface area contributed by atoms with Crippen LogP contribution in [0.3, 0.4) is 0 Å². The molecule has 0 radical (unpaired) electrons. The van der Waals surface area contributed by atoms with Gasteiger partial charge in [-0.05, 0) is 42.3 Å². The van der Waals surface area contributed by atoms with E-state index in [4.69, 9.17) is 9.47 Å². The van der Waals surface area contributed by atoms with Crippen molar-refractivity contribution in [1.29, 1.82) is 0 Å². The minimum Gasteiger partial charge on any atom is -0.497 e. The molecule has 0 unspecified atom stereocenters. The fraction of sp³-hybridized carbons (Fsp3) is 0.167. The van der Waals surface area contributed by atoms with Crippen molar-refractivity contribution >= 4 is 17.6 Å². The molecule has 3 aromatic rings. The Bertz CT molecular complexity index is 900. The van der Waals surface area contributed by atoms with Gasteiger partial charge >= 0.3 is 5.97 Å². The Labute approximate surface area is 170 Å². The van der Waals surface area contributed by atoms with Gasteiger partial charge in [0.2, 0.25) is 0 Å². The number of benzene rings is 3. The molecule has 0 fully saturated rings. The summed E-state index contributed by atoms with van der Waals surface area (Å²) >= 11 is 0. The van der Waals surface area contributed by atoms with Gasteiger partial charge in [0.05, 0.1) is 7.11 Å². The van der Waals surface area contributed by atoms with E-state index in [0.717, 1.165) is 11.1 Å². The van der Waals surface area contributed by atoms with Gasteiger partial charge in [-0.25, -0.2) is 0 Å². The highest BCUT2D eigenvalue weighted by molar-refractivity contribution is 5.95. The van der Waals surface area contributed by atoms with E-state index in [0.29, 0.717) is 11.4 Å². The Morgan fingerprint density at radius 3 is 1.79 bits per heavy atom. The predicted octanol–water partition coefficient (Wildman–Crippen LogP) is 4.40. The highest BCUT2D eigenvalue weighted by Gasteiger charge is 2.27. The topological polar surface area (TPSA) is 64.6 Å². The van der Waals surface area contributed by atoms with Crippen LogP contribution in [-0.4, -0.2) is 25.1 Å². The smallest absolute Gasteiger partial charge is 0.318 e. The van der Waals surface area contributed by atoms with Crippen molar-refractivity contribution in [3.63, 3.8) is 0 Å². The minimum absolute atomic E-state index is 0.400. The Balaban J connectivity index is 1.72. The molecule has 0 saturated heterocycles. The lowest BCUT2D eigenvalue weighted by atomic mass is 9.91. The molecule has 0 spiro atoms. The molecule has 0 aliphatic rings. The lowest BCUT2D eigenvalue weighted by Gasteiger charge is -2.20. The van der Waals surface area contributed by atoms with Crippen molar-refractivity contribution < 1.29 is 19.1 Å². The Morgan fingerprint density at radius 2 is 1.31 bits per heavy atom. The zero-order chi connectivity index (χ0) is 20.6. The van der Waals surface area contributed by atoms with Crippen LogP contribution in [-0.2, 0) is 14.3 Å². The van der Waals surface area contributed by atoms with Crippen LogP contribution in [0, 0.1) is 0 Å². The molecule has 0 saturated carbocycles. The van der Waals surface area contributed by atoms with Crippen molar-refractivity contribution in [2.45, 2.75) is 18.9 Å². The van der Waals surface area contributed by atoms with Crippen molar-refractivity contribution in [1.82, 2.24) is 0 Å². The summed E-state index contributed by atoms with van der Waals surface area (Å²) in [5, 5.41) is 2.75. The Morgan fingerprint density at radius 1 is 0.793 bits per heavy atom. The van der Waals surface area contributed by atoms with Crippen LogP contribution in [0.2, 0.25) is 0 Å². The molecule has 3 aromatic carbocycles. The van der Waals surface area contributed by atoms with Crippen LogP contribution < -0.4 is 10.1 Å². The third-order valence-corrected chi connectivity index (χ3v) is 4.52. The first kappa shape index (κ1) is 20.1. The van der Waals surface area contributed by atoms with Gasteiger partial charge in [-0.15, -0.1) is 0 Å². The summed E-state index contributed by atoms with van der Waals surface area (Å²) in [7, 11) is 1.57. The standard InChI is InChI=1S/C24H23NO4/c1-17(23(26)25-20-13-15-21(28-2)16-14-20)29-24(27)22(18-9-5-3-6-10-18)19-11-7-4-8-12-19/h3-17,22H,1-2H3,(H,25,26)/t17-/m0/s1. The highest BCUT2D eigenvalue weighted by atomic mass is 16.5. The molecular formula is C24H23NO4. The summed E-state index contributed by atoms with van der Waals surface area (Å²) in [6, 6.07) is 25.7. The number of amides is 1. The maximum atomic E-state index is 13.0. The van der Waals surface area contributed by atoms with E-state index in [1.165, 1.54) is 0 Å². The van der Waals surface area contributed by atoms with E-state index in [-0.39, 0.29) is 0 Å². The van der Waals surface area contributed by atoms with Gasteiger partial charge in [0, 0.05) is 5.69 Å². The number of hydrogen-bond donors (Lipinski definition) is 1. The second kappa shape index (κ2) is 9.55. The summed E-state index contributed by atoms with van der Waals surface area (Å²) < 4.78 is 10.6. The number of anilines is 1. The third kappa shape index (κ3) is 5.23. The Kier molecular flexibility index (Phi) is 6.63. The fourth-order valence-electron chi connectivity index (χ4n) is 2.97. The number of carbonyl (C=O) groups is 2. The SMILES string of the molecule is COc1ccc(NC(=O)[C@H](C)OC(=O)C(c2ccccc2)c2ccccc2)cc1. The quantitative estimate of drug-likeness (QED) is 0.609. The summed E-state index contributed by atoms with van der Waals surface area (Å²) in [6.07, 6.45) is -0.945. The molecule has 0 heterocycles. The van der Waals surface area contributed by atoms with Crippen LogP contribution in [0.1, 0.15) is 24.0 Å². The summed E-state index contributed by atoms with van der Waals surface area (Å²) in [5.74, 6) is -0.784. The number of ether oxygens (including phenoxy) is 2. The zero-order valence-electron chi connectivity index (χ0n) is 16.4. The molecular weight excluding hydrogens is 366 g/mol. The normalized spacial score (nSPS) is 11.6. The van der Waals surface area contributed by atoms with E-state index in [9.17, 15) is 9.59 Å². The maximum Gasteiger partial charge on any atom is 0.318 e. The summed E-state index contributed by atoms with van der Waals surface area (Å²) in [6.45, 7) is 1.56. The lowest BCUT2D eigenvalue weighted by molar-refractivity contribution is -0.153. The molecule has 1 N–H and O–H groups in total. The summed E-state index contributed by atoms with van der Waals surface area (Å²) in [5.41, 5.74) is 2.22. The van der Waals surface area contributed by atoms with Crippen LogP contribution in [0.5, 0.6) is 5.75 Å². The number of nitrogens with one attached hydrogen (secondary N) is 1. The van der Waals surface area contributed by atoms with Gasteiger partial charge in [0.15, 0.2) is 6.10 Å². The van der Waals surface area contributed by atoms with Gasteiger partial charge in [0.25, 0.3) is 5.91 Å². The largest absolute Gasteiger partial charge is 0.497 e. The molecule has 0 aromatic heterocycles. The van der Waals surface area contributed by atoms with Crippen molar-refractivity contribution in [2.75, 3.05) is 12.4 Å². The lowest BCUT2D eigenvalue weighted by Crippen LogP contribution is -2.32. The van der Waals surface area contributed by atoms with E-state index >= 15 is 0 Å². The first-order valence-electron chi connectivity index (χ1n) is 9.34. The fourth-order valence-corrected chi connectivity index (χ4v) is 2.97. The number of carbonyl (C=O) groups excluding carboxylic acids is 2. The maximum absolute atomic E-state index is 13.0. The van der Waals surface area contributed by atoms with Crippen LogP contribution in [0.15, 0.2) is 84.9 Å².